The summed E-state index contributed by atoms with van der Waals surface area (Å²) in [5.41, 5.74) is 0.947. The van der Waals surface area contributed by atoms with Gasteiger partial charge in [0.15, 0.2) is 11.0 Å². The van der Waals surface area contributed by atoms with Crippen molar-refractivity contribution in [2.24, 2.45) is 7.05 Å². The summed E-state index contributed by atoms with van der Waals surface area (Å²) < 4.78 is 7.41. The second-order valence-corrected chi connectivity index (χ2v) is 7.05. The summed E-state index contributed by atoms with van der Waals surface area (Å²) in [4.78, 5) is 16.2. The number of aromatic nitrogens is 4. The van der Waals surface area contributed by atoms with Gasteiger partial charge in [0.1, 0.15) is 0 Å². The number of ether oxygens (including phenoxy) is 1. The number of hydrogen-bond acceptors (Lipinski definition) is 6. The van der Waals surface area contributed by atoms with Gasteiger partial charge in [0.05, 0.1) is 11.4 Å². The Morgan fingerprint density at radius 3 is 2.96 bits per heavy atom. The molecule has 0 bridgehead atoms. The van der Waals surface area contributed by atoms with Crippen molar-refractivity contribution < 1.29 is 9.53 Å². The molecule has 0 saturated carbocycles. The smallest absolute Gasteiger partial charge is 0.233 e. The first kappa shape index (κ1) is 16.9. The summed E-state index contributed by atoms with van der Waals surface area (Å²) in [6.45, 7) is 3.24. The lowest BCUT2D eigenvalue weighted by molar-refractivity contribution is -0.120. The molecule has 1 N–H and O–H groups in total. The van der Waals surface area contributed by atoms with Gasteiger partial charge >= 0.3 is 0 Å². The number of thioether (sulfide) groups is 1. The molecule has 0 aliphatic carbocycles. The summed E-state index contributed by atoms with van der Waals surface area (Å²) in [6, 6.07) is 3.77. The second kappa shape index (κ2) is 7.76. The van der Waals surface area contributed by atoms with Crippen molar-refractivity contribution in [2.75, 3.05) is 13.2 Å². The topological polar surface area (TPSA) is 81.9 Å². The van der Waals surface area contributed by atoms with Crippen molar-refractivity contribution in [1.82, 2.24) is 25.1 Å². The molecule has 0 radical (unpaired) electrons. The number of nitrogens with zero attached hydrogens (tertiary/aromatic N) is 4. The lowest BCUT2D eigenvalue weighted by atomic mass is 10.2. The second-order valence-electron chi connectivity index (χ2n) is 5.74. The van der Waals surface area contributed by atoms with Crippen LogP contribution in [0.2, 0.25) is 0 Å². The highest BCUT2D eigenvalue weighted by Gasteiger charge is 2.21. The molecule has 1 amide bonds. The Labute approximate surface area is 145 Å². The summed E-state index contributed by atoms with van der Waals surface area (Å²) in [7, 11) is 1.90. The van der Waals surface area contributed by atoms with E-state index in [-0.39, 0.29) is 17.3 Å². The van der Waals surface area contributed by atoms with E-state index in [0.717, 1.165) is 30.8 Å². The Hall–Kier alpha value is -1.93. The summed E-state index contributed by atoms with van der Waals surface area (Å²) in [5.74, 6) is 0.746. The van der Waals surface area contributed by atoms with E-state index in [0.29, 0.717) is 11.7 Å². The molecule has 0 spiro atoms. The molecule has 3 rings (SSSR count). The highest BCUT2D eigenvalue weighted by molar-refractivity contribution is 8.00. The third kappa shape index (κ3) is 3.93. The monoisotopic (exact) mass is 347 g/mol. The normalized spacial score (nSPS) is 18.5. The fourth-order valence-electron chi connectivity index (χ4n) is 2.55. The van der Waals surface area contributed by atoms with Gasteiger partial charge in [-0.3, -0.25) is 9.78 Å². The zero-order valence-electron chi connectivity index (χ0n) is 13.8. The number of hydrogen-bond donors (Lipinski definition) is 1. The van der Waals surface area contributed by atoms with Gasteiger partial charge in [0.2, 0.25) is 5.91 Å². The Balaban J connectivity index is 1.59. The zero-order valence-corrected chi connectivity index (χ0v) is 14.6. The van der Waals surface area contributed by atoms with Crippen molar-refractivity contribution in [3.8, 4) is 11.4 Å². The van der Waals surface area contributed by atoms with E-state index in [1.54, 1.807) is 12.4 Å². The third-order valence-corrected chi connectivity index (χ3v) is 5.09. The molecule has 2 atom stereocenters. The van der Waals surface area contributed by atoms with Crippen LogP contribution in [0.25, 0.3) is 11.4 Å². The van der Waals surface area contributed by atoms with Gasteiger partial charge in [-0.2, -0.15) is 0 Å². The van der Waals surface area contributed by atoms with E-state index in [1.165, 1.54) is 11.8 Å². The largest absolute Gasteiger partial charge is 0.376 e. The van der Waals surface area contributed by atoms with Gasteiger partial charge in [-0.05, 0) is 31.9 Å². The van der Waals surface area contributed by atoms with Crippen LogP contribution in [0.4, 0.5) is 0 Å². The molecule has 1 aliphatic heterocycles. The molecule has 128 valence electrons. The fraction of sp³-hybridized carbons (Fsp3) is 0.500. The first-order valence-electron chi connectivity index (χ1n) is 8.01. The fourth-order valence-corrected chi connectivity index (χ4v) is 3.38. The summed E-state index contributed by atoms with van der Waals surface area (Å²) in [5, 5.41) is 11.8. The molecule has 24 heavy (non-hydrogen) atoms. The molecule has 7 nitrogen and oxygen atoms in total. The van der Waals surface area contributed by atoms with E-state index < -0.39 is 0 Å². The highest BCUT2D eigenvalue weighted by Crippen LogP contribution is 2.25. The minimum Gasteiger partial charge on any atom is -0.376 e. The number of rotatable bonds is 6. The standard InChI is InChI=1S/C16H21N5O2S/c1-11(15(22)18-10-13-4-3-9-23-13)24-16-20-19-14(21(16)2)12-5-7-17-8-6-12/h5-8,11,13H,3-4,9-10H2,1-2H3,(H,18,22)/t11-,13-/m1/s1. The number of amides is 1. The van der Waals surface area contributed by atoms with Crippen molar-refractivity contribution in [1.29, 1.82) is 0 Å². The van der Waals surface area contributed by atoms with Crippen LogP contribution in [-0.2, 0) is 16.6 Å². The van der Waals surface area contributed by atoms with Crippen LogP contribution in [0.1, 0.15) is 19.8 Å². The Morgan fingerprint density at radius 1 is 1.46 bits per heavy atom. The van der Waals surface area contributed by atoms with E-state index in [9.17, 15) is 4.79 Å². The molecule has 1 aliphatic rings. The molecular weight excluding hydrogens is 326 g/mol. The molecule has 0 unspecified atom stereocenters. The zero-order chi connectivity index (χ0) is 16.9. The van der Waals surface area contributed by atoms with Crippen molar-refractivity contribution in [3.05, 3.63) is 24.5 Å². The number of pyridine rings is 1. The highest BCUT2D eigenvalue weighted by atomic mass is 32.2. The molecule has 3 heterocycles. The number of carbonyl (C=O) groups is 1. The van der Waals surface area contributed by atoms with Crippen LogP contribution in [0, 0.1) is 0 Å². The van der Waals surface area contributed by atoms with Crippen molar-refractivity contribution in [3.63, 3.8) is 0 Å². The molecular formula is C16H21N5O2S. The molecule has 1 fully saturated rings. The average Bonchev–Trinajstić information content (AvgIpc) is 3.24. The third-order valence-electron chi connectivity index (χ3n) is 3.95. The van der Waals surface area contributed by atoms with Crippen LogP contribution < -0.4 is 5.32 Å². The van der Waals surface area contributed by atoms with Crippen LogP contribution in [0.15, 0.2) is 29.7 Å². The first-order chi connectivity index (χ1) is 11.6. The predicted octanol–water partition coefficient (Wildman–Crippen LogP) is 1.65. The Bertz CT molecular complexity index is 685. The minimum absolute atomic E-state index is 0.0102. The number of carbonyl (C=O) groups excluding carboxylic acids is 1. The SMILES string of the molecule is C[C@@H](Sc1nnc(-c2ccncc2)n1C)C(=O)NC[C@H]1CCCO1. The van der Waals surface area contributed by atoms with Gasteiger partial charge in [-0.1, -0.05) is 11.8 Å². The maximum atomic E-state index is 12.2. The molecule has 8 heteroatoms. The molecule has 0 aromatic carbocycles. The van der Waals surface area contributed by atoms with Gasteiger partial charge in [0, 0.05) is 38.2 Å². The number of nitrogens with one attached hydrogen (secondary N) is 1. The Morgan fingerprint density at radius 2 is 2.25 bits per heavy atom. The maximum Gasteiger partial charge on any atom is 0.233 e. The quantitative estimate of drug-likeness (QED) is 0.800. The Kier molecular flexibility index (Phi) is 5.47. The maximum absolute atomic E-state index is 12.2. The van der Waals surface area contributed by atoms with Gasteiger partial charge < -0.3 is 14.6 Å². The molecule has 2 aromatic rings. The summed E-state index contributed by atoms with van der Waals surface area (Å²) >= 11 is 1.40. The lowest BCUT2D eigenvalue weighted by Gasteiger charge is -2.14. The molecule has 1 saturated heterocycles. The van der Waals surface area contributed by atoms with E-state index >= 15 is 0 Å². The minimum atomic E-state index is -0.250. The van der Waals surface area contributed by atoms with Crippen LogP contribution in [-0.4, -0.2) is 50.2 Å². The lowest BCUT2D eigenvalue weighted by Crippen LogP contribution is -2.36. The van der Waals surface area contributed by atoms with Crippen LogP contribution in [0.5, 0.6) is 0 Å². The molecule has 2 aromatic heterocycles. The van der Waals surface area contributed by atoms with E-state index in [1.807, 2.05) is 30.7 Å². The van der Waals surface area contributed by atoms with Gasteiger partial charge in [0.25, 0.3) is 0 Å². The average molecular weight is 347 g/mol. The van der Waals surface area contributed by atoms with Crippen LogP contribution in [0.3, 0.4) is 0 Å². The van der Waals surface area contributed by atoms with E-state index in [4.69, 9.17) is 4.74 Å². The summed E-state index contributed by atoms with van der Waals surface area (Å²) in [6.07, 6.45) is 5.68. The first-order valence-corrected chi connectivity index (χ1v) is 8.89. The van der Waals surface area contributed by atoms with Crippen LogP contribution >= 0.6 is 11.8 Å². The predicted molar refractivity (Wildman–Crippen MR) is 91.5 cm³/mol. The van der Waals surface area contributed by atoms with Gasteiger partial charge in [-0.15, -0.1) is 10.2 Å². The van der Waals surface area contributed by atoms with Gasteiger partial charge in [-0.25, -0.2) is 0 Å². The van der Waals surface area contributed by atoms with E-state index in [2.05, 4.69) is 20.5 Å². The van der Waals surface area contributed by atoms with Crippen molar-refractivity contribution in [2.45, 2.75) is 36.3 Å². The van der Waals surface area contributed by atoms with Crippen molar-refractivity contribution >= 4 is 17.7 Å².